The lowest BCUT2D eigenvalue weighted by molar-refractivity contribution is -0.115. The molecule has 2 aliphatic rings. The van der Waals surface area contributed by atoms with Crippen molar-refractivity contribution in [1.82, 2.24) is 20.6 Å². The van der Waals surface area contributed by atoms with Crippen LogP contribution in [0.1, 0.15) is 24.0 Å². The standard InChI is InChI=1S/C16H17N5O/c1-9-4-12-11(8-18-14(12)17-6-9)5-13-15(22)21-16(20-13)19-7-10-2-3-10/h4-6,8,10H,2-3,7H2,1H3,(H,17,18)(H2,19,20,21,22)/b13-5-. The molecular formula is C16H17N5O. The second kappa shape index (κ2) is 4.98. The van der Waals surface area contributed by atoms with E-state index in [-0.39, 0.29) is 5.91 Å². The minimum absolute atomic E-state index is 0.173. The van der Waals surface area contributed by atoms with E-state index in [4.69, 9.17) is 0 Å². The van der Waals surface area contributed by atoms with E-state index in [1.54, 1.807) is 6.08 Å². The average molecular weight is 295 g/mol. The van der Waals surface area contributed by atoms with Crippen molar-refractivity contribution in [2.24, 2.45) is 10.9 Å². The van der Waals surface area contributed by atoms with E-state index in [9.17, 15) is 4.79 Å². The van der Waals surface area contributed by atoms with Crippen molar-refractivity contribution < 1.29 is 4.79 Å². The topological polar surface area (TPSA) is 82.2 Å². The van der Waals surface area contributed by atoms with Crippen molar-refractivity contribution in [3.63, 3.8) is 0 Å². The van der Waals surface area contributed by atoms with Crippen LogP contribution in [-0.2, 0) is 4.79 Å². The number of guanidine groups is 1. The van der Waals surface area contributed by atoms with Crippen LogP contribution in [0.5, 0.6) is 0 Å². The van der Waals surface area contributed by atoms with Crippen molar-refractivity contribution in [1.29, 1.82) is 0 Å². The zero-order valence-electron chi connectivity index (χ0n) is 12.3. The molecule has 1 amide bonds. The minimum Gasteiger partial charge on any atom is -0.355 e. The summed E-state index contributed by atoms with van der Waals surface area (Å²) >= 11 is 0. The van der Waals surface area contributed by atoms with E-state index in [2.05, 4.69) is 25.6 Å². The highest BCUT2D eigenvalue weighted by Gasteiger charge is 2.24. The van der Waals surface area contributed by atoms with E-state index in [0.717, 1.165) is 34.6 Å². The lowest BCUT2D eigenvalue weighted by Crippen LogP contribution is -2.37. The third-order valence-corrected chi connectivity index (χ3v) is 3.94. The Morgan fingerprint density at radius 2 is 2.32 bits per heavy atom. The summed E-state index contributed by atoms with van der Waals surface area (Å²) in [5.74, 6) is 1.11. The monoisotopic (exact) mass is 295 g/mol. The van der Waals surface area contributed by atoms with Gasteiger partial charge in [0.1, 0.15) is 11.3 Å². The van der Waals surface area contributed by atoms with Gasteiger partial charge < -0.3 is 10.3 Å². The van der Waals surface area contributed by atoms with Gasteiger partial charge in [0, 0.05) is 29.9 Å². The fourth-order valence-electron chi connectivity index (χ4n) is 2.51. The Labute approximate surface area is 127 Å². The summed E-state index contributed by atoms with van der Waals surface area (Å²) < 4.78 is 0. The molecule has 3 N–H and O–H groups in total. The van der Waals surface area contributed by atoms with Gasteiger partial charge in [-0.1, -0.05) is 0 Å². The molecule has 1 saturated carbocycles. The number of nitrogens with one attached hydrogen (secondary N) is 3. The second-order valence-electron chi connectivity index (χ2n) is 5.92. The average Bonchev–Trinajstić information content (AvgIpc) is 3.16. The van der Waals surface area contributed by atoms with E-state index in [1.807, 2.05) is 25.4 Å². The van der Waals surface area contributed by atoms with Crippen LogP contribution in [-0.4, -0.2) is 28.4 Å². The molecule has 0 aromatic carbocycles. The zero-order valence-corrected chi connectivity index (χ0v) is 12.3. The third-order valence-electron chi connectivity index (χ3n) is 3.94. The first-order valence-electron chi connectivity index (χ1n) is 7.48. The van der Waals surface area contributed by atoms with Crippen LogP contribution in [0.25, 0.3) is 17.1 Å². The lowest BCUT2D eigenvalue weighted by Gasteiger charge is -2.02. The highest BCUT2D eigenvalue weighted by Crippen LogP contribution is 2.27. The van der Waals surface area contributed by atoms with Crippen molar-refractivity contribution >= 4 is 29.0 Å². The Bertz CT molecular complexity index is 813. The van der Waals surface area contributed by atoms with Crippen LogP contribution in [0.3, 0.4) is 0 Å². The molecule has 0 saturated heterocycles. The van der Waals surface area contributed by atoms with Crippen LogP contribution >= 0.6 is 0 Å². The molecule has 22 heavy (non-hydrogen) atoms. The molecule has 0 radical (unpaired) electrons. The van der Waals surface area contributed by atoms with Crippen molar-refractivity contribution in [3.8, 4) is 0 Å². The summed E-state index contributed by atoms with van der Waals surface area (Å²) in [4.78, 5) is 23.8. The fourth-order valence-corrected chi connectivity index (χ4v) is 2.51. The summed E-state index contributed by atoms with van der Waals surface area (Å²) in [5, 5.41) is 6.95. The Morgan fingerprint density at radius 1 is 1.45 bits per heavy atom. The summed E-state index contributed by atoms with van der Waals surface area (Å²) in [6.45, 7) is 2.87. The smallest absolute Gasteiger partial charge is 0.276 e. The number of aryl methyl sites for hydroxylation is 1. The number of aromatic nitrogens is 2. The van der Waals surface area contributed by atoms with Crippen molar-refractivity contribution in [3.05, 3.63) is 35.3 Å². The normalized spacial score (nSPS) is 19.6. The quantitative estimate of drug-likeness (QED) is 0.754. The predicted octanol–water partition coefficient (Wildman–Crippen LogP) is 1.70. The minimum atomic E-state index is -0.173. The fraction of sp³-hybridized carbons (Fsp3) is 0.312. The zero-order chi connectivity index (χ0) is 15.1. The molecule has 3 heterocycles. The van der Waals surface area contributed by atoms with E-state index < -0.39 is 0 Å². The van der Waals surface area contributed by atoms with Crippen LogP contribution in [0.15, 0.2) is 29.1 Å². The molecule has 2 aromatic heterocycles. The number of hydrogen-bond acceptors (Lipinski definition) is 4. The Kier molecular flexibility index (Phi) is 2.96. The van der Waals surface area contributed by atoms with Gasteiger partial charge in [-0.2, -0.15) is 0 Å². The molecule has 0 bridgehead atoms. The molecule has 0 unspecified atom stereocenters. The Balaban J connectivity index is 1.62. The van der Waals surface area contributed by atoms with Gasteiger partial charge in [-0.05, 0) is 43.4 Å². The van der Waals surface area contributed by atoms with Gasteiger partial charge in [0.15, 0.2) is 0 Å². The van der Waals surface area contributed by atoms with Crippen molar-refractivity contribution in [2.75, 3.05) is 6.54 Å². The van der Waals surface area contributed by atoms with Gasteiger partial charge in [0.2, 0.25) is 5.96 Å². The highest BCUT2D eigenvalue weighted by atomic mass is 16.2. The number of carbonyl (C=O) groups is 1. The van der Waals surface area contributed by atoms with E-state index >= 15 is 0 Å². The number of amides is 1. The van der Waals surface area contributed by atoms with Gasteiger partial charge in [-0.3, -0.25) is 10.1 Å². The molecule has 6 nitrogen and oxygen atoms in total. The molecule has 4 rings (SSSR count). The molecule has 0 spiro atoms. The molecule has 2 aromatic rings. The maximum absolute atomic E-state index is 12.0. The van der Waals surface area contributed by atoms with E-state index in [1.165, 1.54) is 12.8 Å². The molecule has 0 atom stereocenters. The summed E-state index contributed by atoms with van der Waals surface area (Å²) in [6, 6.07) is 2.05. The van der Waals surface area contributed by atoms with Crippen LogP contribution in [0, 0.1) is 12.8 Å². The molecule has 6 heteroatoms. The number of carbonyl (C=O) groups excluding carboxylic acids is 1. The van der Waals surface area contributed by atoms with Gasteiger partial charge in [0.05, 0.1) is 0 Å². The number of nitrogens with zero attached hydrogens (tertiary/aromatic N) is 2. The van der Waals surface area contributed by atoms with Gasteiger partial charge >= 0.3 is 0 Å². The molecule has 112 valence electrons. The maximum Gasteiger partial charge on any atom is 0.276 e. The van der Waals surface area contributed by atoms with Crippen LogP contribution in [0.4, 0.5) is 0 Å². The predicted molar refractivity (Wildman–Crippen MR) is 85.1 cm³/mol. The third kappa shape index (κ3) is 2.47. The molecule has 1 aliphatic heterocycles. The SMILES string of the molecule is Cc1cnc2[nH]cc(/C=C3\N=C(NCC4CC4)NC3=O)c2c1. The summed E-state index contributed by atoms with van der Waals surface area (Å²) in [7, 11) is 0. The number of pyridine rings is 1. The number of aromatic amines is 1. The number of aliphatic imine (C=N–C) groups is 1. The summed E-state index contributed by atoms with van der Waals surface area (Å²) in [6.07, 6.45) is 7.98. The van der Waals surface area contributed by atoms with Crippen molar-refractivity contribution in [2.45, 2.75) is 19.8 Å². The first-order valence-corrected chi connectivity index (χ1v) is 7.48. The number of H-pyrrole nitrogens is 1. The van der Waals surface area contributed by atoms with Crippen LogP contribution < -0.4 is 10.6 Å². The Hall–Kier alpha value is -2.63. The first-order chi connectivity index (χ1) is 10.7. The van der Waals surface area contributed by atoms with Gasteiger partial charge in [0.25, 0.3) is 5.91 Å². The summed E-state index contributed by atoms with van der Waals surface area (Å²) in [5.41, 5.74) is 3.23. The van der Waals surface area contributed by atoms with E-state index in [0.29, 0.717) is 11.7 Å². The maximum atomic E-state index is 12.0. The number of rotatable bonds is 3. The van der Waals surface area contributed by atoms with Gasteiger partial charge in [-0.25, -0.2) is 9.98 Å². The second-order valence-corrected chi connectivity index (χ2v) is 5.92. The molecule has 1 aliphatic carbocycles. The molecule has 1 fully saturated rings. The van der Waals surface area contributed by atoms with Gasteiger partial charge in [-0.15, -0.1) is 0 Å². The molecular weight excluding hydrogens is 278 g/mol. The largest absolute Gasteiger partial charge is 0.355 e. The number of hydrogen-bond donors (Lipinski definition) is 3. The Morgan fingerprint density at radius 3 is 3.14 bits per heavy atom. The number of fused-ring (bicyclic) bond motifs is 1. The first kappa shape index (κ1) is 13.1. The highest BCUT2D eigenvalue weighted by molar-refractivity contribution is 6.14. The van der Waals surface area contributed by atoms with Crippen LogP contribution in [0.2, 0.25) is 0 Å². The lowest BCUT2D eigenvalue weighted by atomic mass is 10.1.